The van der Waals surface area contributed by atoms with Gasteiger partial charge in [-0.15, -0.1) is 0 Å². The number of alkyl halides is 3. The summed E-state index contributed by atoms with van der Waals surface area (Å²) in [6, 6.07) is 66.3. The van der Waals surface area contributed by atoms with Gasteiger partial charge in [-0.1, -0.05) is 199 Å². The van der Waals surface area contributed by atoms with Gasteiger partial charge in [-0.25, -0.2) is 43.2 Å². The minimum absolute atomic E-state index is 0.0109. The number of halogens is 3. The molecule has 0 aromatic heterocycles. The van der Waals surface area contributed by atoms with Gasteiger partial charge in [0.15, 0.2) is 55.3 Å². The molecule has 15 atom stereocenters. The molecule has 0 saturated carbocycles. The third-order valence-corrected chi connectivity index (χ3v) is 18.4. The molecule has 3 saturated heterocycles. The second kappa shape index (κ2) is 39.0. The van der Waals surface area contributed by atoms with Gasteiger partial charge in [0.25, 0.3) is 3.79 Å². The lowest BCUT2D eigenvalue weighted by atomic mass is 9.94. The topological polar surface area (TPSA) is 342 Å². The van der Waals surface area contributed by atoms with E-state index in [4.69, 9.17) is 116 Å². The van der Waals surface area contributed by atoms with Crippen LogP contribution in [0.4, 0.5) is 0 Å². The van der Waals surface area contributed by atoms with Crippen molar-refractivity contribution in [2.24, 2.45) is 0 Å². The summed E-state index contributed by atoms with van der Waals surface area (Å²) in [7, 11) is 0. The average molecular weight is 1630 g/mol. The SMILES string of the molecule is CC(=O)OC[C@H]1O[C@H](O[C@@H]2[C@H](OC(=O)c3ccccc3)[C@@H](O[C@@H]3[C@H](OC(=O)c4ccccc4)[C@@H](OC(=N)C(Cl)(Cl)Cl)O[C@H](COC(=O)c4ccccc4)[C@H]3OC(=O)c3ccccc3)O[C@H](COC(=O)c3ccccc3)[C@H]2OC(=O)c2ccccc2)[C@@H](OC(=O)c2ccccc2)[C@@H](OC(=O)c2ccccc2)[C@@H]1OC(=O)c1ccccc1. The van der Waals surface area contributed by atoms with Crippen molar-refractivity contribution in [3.63, 3.8) is 0 Å². The number of rotatable bonds is 27. The number of ether oxygens (including phenoxy) is 16. The molecule has 3 aliphatic heterocycles. The summed E-state index contributed by atoms with van der Waals surface area (Å²) >= 11 is 19.0. The van der Waals surface area contributed by atoms with Crippen LogP contribution in [0.25, 0.3) is 0 Å². The van der Waals surface area contributed by atoms with Gasteiger partial charge in [-0.2, -0.15) is 0 Å². The van der Waals surface area contributed by atoms with Crippen molar-refractivity contribution in [2.75, 3.05) is 19.8 Å². The maximum atomic E-state index is 15.5. The standard InChI is InChI=1S/C85H70Cl3NO26/c1-50(90)100-47-60-63(106-74(93)53-33-15-4-16-34-53)66(109-77(96)56-39-21-7-22-40-56)69(110-78(97)57-41-23-8-24-42-57)81(103-60)113-67-64(107-75(94)54-35-17-5-18-36-54)61(48-101-72(91)51-29-11-2-12-30-51)104-82(70(67)111-79(98)58-43-25-9-26-44-58)114-68-65(108-76(95)55-37-19-6-20-38-55)62(49-102-73(92)52-31-13-3-14-32-52)105-83(115-84(89)85(86,87)88)71(68)112-80(99)59-45-27-10-28-46-59/h2-46,60-71,81-83,89H,47-49H2,1H3/t60-,61-,62-,63-,64-,65-,66+,67+,68+,69+,70+,71+,81-,82-,83-/m1/s1. The summed E-state index contributed by atoms with van der Waals surface area (Å²) in [5.41, 5.74) is -0.939. The Kier molecular flexibility index (Phi) is 27.9. The lowest BCUT2D eigenvalue weighted by Gasteiger charge is -2.50. The number of esters is 10. The Labute approximate surface area is 671 Å². The summed E-state index contributed by atoms with van der Waals surface area (Å²) < 4.78 is 101. The molecule has 3 fully saturated rings. The lowest BCUT2D eigenvalue weighted by molar-refractivity contribution is -0.375. The summed E-state index contributed by atoms with van der Waals surface area (Å²) in [4.78, 5) is 147. The van der Waals surface area contributed by atoms with E-state index in [0.717, 1.165) is 6.92 Å². The Morgan fingerprint density at radius 1 is 0.270 bits per heavy atom. The number of carbonyl (C=O) groups is 10. The van der Waals surface area contributed by atoms with Crippen LogP contribution in [-0.2, 0) is 80.6 Å². The number of benzene rings is 9. The molecule has 0 spiro atoms. The Hall–Kier alpha value is -12.2. The molecule has 0 amide bonds. The zero-order valence-electron chi connectivity index (χ0n) is 60.5. The molecule has 1 N–H and O–H groups in total. The molecule has 9 aromatic rings. The summed E-state index contributed by atoms with van der Waals surface area (Å²) in [5.74, 6) is -12.3. The van der Waals surface area contributed by atoms with E-state index in [1.165, 1.54) is 206 Å². The molecule has 27 nitrogen and oxygen atoms in total. The first-order valence-electron chi connectivity index (χ1n) is 35.6. The van der Waals surface area contributed by atoms with Crippen LogP contribution >= 0.6 is 34.8 Å². The molecule has 0 radical (unpaired) electrons. The summed E-state index contributed by atoms with van der Waals surface area (Å²) in [5, 5.41) is 9.00. The molecule has 115 heavy (non-hydrogen) atoms. The number of hydrogen-bond donors (Lipinski definition) is 1. The van der Waals surface area contributed by atoms with E-state index < -0.39 is 181 Å². The van der Waals surface area contributed by atoms with E-state index in [1.807, 2.05) is 0 Å². The van der Waals surface area contributed by atoms with E-state index >= 15 is 19.2 Å². The van der Waals surface area contributed by atoms with Gasteiger partial charge in [0.05, 0.1) is 50.1 Å². The first-order valence-corrected chi connectivity index (χ1v) is 36.8. The zero-order valence-corrected chi connectivity index (χ0v) is 62.8. The monoisotopic (exact) mass is 1630 g/mol. The Balaban J connectivity index is 1.10. The second-order valence-electron chi connectivity index (χ2n) is 25.7. The fourth-order valence-corrected chi connectivity index (χ4v) is 12.4. The van der Waals surface area contributed by atoms with Gasteiger partial charge < -0.3 is 75.8 Å². The van der Waals surface area contributed by atoms with Crippen LogP contribution < -0.4 is 0 Å². The van der Waals surface area contributed by atoms with Crippen molar-refractivity contribution in [1.82, 2.24) is 0 Å². The minimum Gasteiger partial charge on any atom is -0.463 e. The van der Waals surface area contributed by atoms with Gasteiger partial charge in [-0.3, -0.25) is 10.2 Å². The van der Waals surface area contributed by atoms with E-state index in [2.05, 4.69) is 0 Å². The van der Waals surface area contributed by atoms with Gasteiger partial charge >= 0.3 is 59.7 Å². The third kappa shape index (κ3) is 21.6. The predicted molar refractivity (Wildman–Crippen MR) is 404 cm³/mol. The highest BCUT2D eigenvalue weighted by Gasteiger charge is 2.62. The van der Waals surface area contributed by atoms with E-state index in [9.17, 15) is 28.8 Å². The molecule has 0 bridgehead atoms. The van der Waals surface area contributed by atoms with Crippen molar-refractivity contribution in [3.8, 4) is 0 Å². The van der Waals surface area contributed by atoms with Crippen molar-refractivity contribution >= 4 is 100 Å². The van der Waals surface area contributed by atoms with Crippen molar-refractivity contribution in [2.45, 2.75) is 103 Å². The maximum Gasteiger partial charge on any atom is 0.338 e. The van der Waals surface area contributed by atoms with Gasteiger partial charge in [0, 0.05) is 6.92 Å². The molecular formula is C85H70Cl3NO26. The number of hydrogen-bond acceptors (Lipinski definition) is 27. The molecule has 0 aliphatic carbocycles. The van der Waals surface area contributed by atoms with Crippen molar-refractivity contribution in [1.29, 1.82) is 5.41 Å². The van der Waals surface area contributed by atoms with Crippen molar-refractivity contribution < 1.29 is 124 Å². The minimum atomic E-state index is -2.74. The quantitative estimate of drug-likeness (QED) is 0.0164. The first kappa shape index (κ1) is 82.3. The van der Waals surface area contributed by atoms with Gasteiger partial charge in [0.1, 0.15) is 50.3 Å². The molecule has 0 unspecified atom stereocenters. The Morgan fingerprint density at radius 3 is 0.722 bits per heavy atom. The number of carbonyl (C=O) groups excluding carboxylic acids is 10. The highest BCUT2D eigenvalue weighted by atomic mass is 35.6. The van der Waals surface area contributed by atoms with Crippen LogP contribution in [0.5, 0.6) is 0 Å². The highest BCUT2D eigenvalue weighted by molar-refractivity contribution is 6.76. The molecule has 3 aliphatic rings. The van der Waals surface area contributed by atoms with Crippen LogP contribution in [-0.4, -0.2) is 181 Å². The second-order valence-corrected chi connectivity index (χ2v) is 27.9. The summed E-state index contributed by atoms with van der Waals surface area (Å²) in [6.07, 6.45) is -33.1. The molecule has 9 aromatic carbocycles. The first-order chi connectivity index (χ1) is 55.6. The van der Waals surface area contributed by atoms with Crippen LogP contribution in [0.15, 0.2) is 273 Å². The fraction of sp³-hybridized carbons (Fsp3) is 0.235. The molecular weight excluding hydrogens is 1560 g/mol. The normalized spacial score (nSPS) is 23.0. The van der Waals surface area contributed by atoms with Crippen LogP contribution in [0, 0.1) is 5.41 Å². The predicted octanol–water partition coefficient (Wildman–Crippen LogP) is 12.2. The van der Waals surface area contributed by atoms with E-state index in [1.54, 1.807) is 66.7 Å². The van der Waals surface area contributed by atoms with Crippen LogP contribution in [0.1, 0.15) is 100 Å². The smallest absolute Gasteiger partial charge is 0.338 e. The van der Waals surface area contributed by atoms with Gasteiger partial charge in [-0.05, 0) is 109 Å². The number of nitrogens with one attached hydrogen (secondary N) is 1. The molecule has 592 valence electrons. The van der Waals surface area contributed by atoms with E-state index in [-0.39, 0.29) is 50.1 Å². The summed E-state index contributed by atoms with van der Waals surface area (Å²) in [6.45, 7) is -1.79. The van der Waals surface area contributed by atoms with E-state index in [0.29, 0.717) is 0 Å². The molecule has 3 heterocycles. The highest BCUT2D eigenvalue weighted by Crippen LogP contribution is 2.41. The van der Waals surface area contributed by atoms with Crippen molar-refractivity contribution in [3.05, 3.63) is 323 Å². The third-order valence-electron chi connectivity index (χ3n) is 17.8. The fourth-order valence-electron chi connectivity index (χ4n) is 12.3. The lowest BCUT2D eigenvalue weighted by Crippen LogP contribution is -2.69. The average Bonchev–Trinajstić information content (AvgIpc) is 0.755. The van der Waals surface area contributed by atoms with Gasteiger partial charge in [0.2, 0.25) is 12.2 Å². The van der Waals surface area contributed by atoms with Crippen LogP contribution in [0.2, 0.25) is 0 Å². The van der Waals surface area contributed by atoms with Crippen LogP contribution in [0.3, 0.4) is 0 Å². The maximum absolute atomic E-state index is 15.5. The Morgan fingerprint density at radius 2 is 0.470 bits per heavy atom. The zero-order chi connectivity index (χ0) is 81.0. The molecule has 30 heteroatoms. The largest absolute Gasteiger partial charge is 0.463 e. The molecule has 12 rings (SSSR count). The Bertz CT molecular complexity index is 4830.